The van der Waals surface area contributed by atoms with E-state index in [2.05, 4.69) is 18.2 Å². The molecular weight excluding hydrogens is 170 g/mol. The molecule has 0 saturated carbocycles. The van der Waals surface area contributed by atoms with Gasteiger partial charge in [-0.25, -0.2) is 0 Å². The zero-order valence-electron chi connectivity index (χ0n) is 7.64. The number of hydrogen-bond donors (Lipinski definition) is 1. The van der Waals surface area contributed by atoms with Crippen LogP contribution in [-0.2, 0) is 4.79 Å². The second kappa shape index (κ2) is 8.65. The van der Waals surface area contributed by atoms with Crippen molar-refractivity contribution in [1.82, 2.24) is 4.72 Å². The second-order valence-electron chi connectivity index (χ2n) is 2.55. The summed E-state index contributed by atoms with van der Waals surface area (Å²) in [6.07, 6.45) is 5.42. The van der Waals surface area contributed by atoms with Crippen LogP contribution in [0.4, 0.5) is 0 Å². The molecule has 1 N–H and O–H groups in total. The van der Waals surface area contributed by atoms with Crippen LogP contribution in [0, 0.1) is 0 Å². The molecule has 3 heteroatoms. The van der Waals surface area contributed by atoms with Gasteiger partial charge in [-0.1, -0.05) is 31.4 Å². The quantitative estimate of drug-likeness (QED) is 0.377. The number of carbonyl (C=O) groups excluding carboxylic acids is 1. The molecule has 0 aliphatic carbocycles. The summed E-state index contributed by atoms with van der Waals surface area (Å²) >= 11 is 1.50. The minimum Gasteiger partial charge on any atom is -0.300 e. The Hall–Kier alpha value is -0.440. The molecule has 70 valence electrons. The van der Waals surface area contributed by atoms with Gasteiger partial charge in [0.1, 0.15) is 0 Å². The fourth-order valence-electron chi connectivity index (χ4n) is 0.632. The van der Waals surface area contributed by atoms with Gasteiger partial charge in [-0.3, -0.25) is 4.79 Å². The molecule has 0 unspecified atom stereocenters. The summed E-state index contributed by atoms with van der Waals surface area (Å²) in [6.45, 7) is 5.69. The summed E-state index contributed by atoms with van der Waals surface area (Å²) in [7, 11) is 0. The van der Waals surface area contributed by atoms with Gasteiger partial charge in [0.15, 0.2) is 0 Å². The number of rotatable bonds is 7. The SMILES string of the molecule is C=CCCC(=O)NSCCCC. The average molecular weight is 187 g/mol. The molecule has 0 atom stereocenters. The minimum absolute atomic E-state index is 0.107. The van der Waals surface area contributed by atoms with E-state index < -0.39 is 0 Å². The van der Waals surface area contributed by atoms with Gasteiger partial charge in [-0.05, 0) is 12.8 Å². The molecule has 0 aromatic heterocycles. The molecule has 0 heterocycles. The monoisotopic (exact) mass is 187 g/mol. The maximum absolute atomic E-state index is 11.0. The van der Waals surface area contributed by atoms with Crippen LogP contribution in [0.3, 0.4) is 0 Å². The van der Waals surface area contributed by atoms with Crippen molar-refractivity contribution in [3.63, 3.8) is 0 Å². The topological polar surface area (TPSA) is 29.1 Å². The van der Waals surface area contributed by atoms with Crippen LogP contribution in [0.15, 0.2) is 12.7 Å². The smallest absolute Gasteiger partial charge is 0.230 e. The van der Waals surface area contributed by atoms with Gasteiger partial charge in [0.2, 0.25) is 5.91 Å². The van der Waals surface area contributed by atoms with E-state index in [4.69, 9.17) is 0 Å². The Morgan fingerprint density at radius 3 is 3.00 bits per heavy atom. The fourth-order valence-corrected chi connectivity index (χ4v) is 1.43. The van der Waals surface area contributed by atoms with Crippen LogP contribution < -0.4 is 4.72 Å². The highest BCUT2D eigenvalue weighted by molar-refractivity contribution is 7.97. The Labute approximate surface area is 78.9 Å². The lowest BCUT2D eigenvalue weighted by Gasteiger charge is -2.01. The zero-order chi connectivity index (χ0) is 9.23. The Kier molecular flexibility index (Phi) is 8.34. The van der Waals surface area contributed by atoms with Crippen molar-refractivity contribution < 1.29 is 4.79 Å². The van der Waals surface area contributed by atoms with Crippen molar-refractivity contribution >= 4 is 17.9 Å². The number of allylic oxidation sites excluding steroid dienone is 1. The fraction of sp³-hybridized carbons (Fsp3) is 0.667. The van der Waals surface area contributed by atoms with Crippen LogP contribution >= 0.6 is 11.9 Å². The van der Waals surface area contributed by atoms with Gasteiger partial charge in [-0.15, -0.1) is 6.58 Å². The molecule has 12 heavy (non-hydrogen) atoms. The maximum Gasteiger partial charge on any atom is 0.230 e. The van der Waals surface area contributed by atoms with Crippen molar-refractivity contribution in [3.8, 4) is 0 Å². The van der Waals surface area contributed by atoms with Crippen LogP contribution in [0.2, 0.25) is 0 Å². The average Bonchev–Trinajstić information content (AvgIpc) is 2.09. The van der Waals surface area contributed by atoms with E-state index in [-0.39, 0.29) is 5.91 Å². The van der Waals surface area contributed by atoms with Crippen molar-refractivity contribution in [2.75, 3.05) is 5.75 Å². The van der Waals surface area contributed by atoms with E-state index in [0.29, 0.717) is 6.42 Å². The van der Waals surface area contributed by atoms with Gasteiger partial charge in [0, 0.05) is 12.2 Å². The Morgan fingerprint density at radius 2 is 2.42 bits per heavy atom. The maximum atomic E-state index is 11.0. The minimum atomic E-state index is 0.107. The Morgan fingerprint density at radius 1 is 1.67 bits per heavy atom. The van der Waals surface area contributed by atoms with Crippen LogP contribution in [0.5, 0.6) is 0 Å². The third kappa shape index (κ3) is 7.66. The largest absolute Gasteiger partial charge is 0.300 e. The van der Waals surface area contributed by atoms with Gasteiger partial charge in [0.25, 0.3) is 0 Å². The van der Waals surface area contributed by atoms with Crippen molar-refractivity contribution in [2.45, 2.75) is 32.6 Å². The molecule has 0 aromatic rings. The van der Waals surface area contributed by atoms with E-state index in [1.165, 1.54) is 18.4 Å². The molecule has 1 amide bonds. The van der Waals surface area contributed by atoms with E-state index in [0.717, 1.165) is 18.6 Å². The van der Waals surface area contributed by atoms with Gasteiger partial charge < -0.3 is 4.72 Å². The first-order valence-electron chi connectivity index (χ1n) is 4.32. The summed E-state index contributed by atoms with van der Waals surface area (Å²) < 4.78 is 2.78. The number of nitrogens with one attached hydrogen (secondary N) is 1. The molecule has 0 aliphatic heterocycles. The van der Waals surface area contributed by atoms with E-state index in [1.54, 1.807) is 6.08 Å². The van der Waals surface area contributed by atoms with Crippen molar-refractivity contribution in [1.29, 1.82) is 0 Å². The highest BCUT2D eigenvalue weighted by Crippen LogP contribution is 2.00. The predicted molar refractivity (Wildman–Crippen MR) is 54.9 cm³/mol. The lowest BCUT2D eigenvalue weighted by Crippen LogP contribution is -2.15. The van der Waals surface area contributed by atoms with E-state index >= 15 is 0 Å². The third-order valence-electron chi connectivity index (χ3n) is 1.36. The lowest BCUT2D eigenvalue weighted by atomic mass is 10.3. The molecule has 0 aliphatic rings. The zero-order valence-corrected chi connectivity index (χ0v) is 8.45. The molecule has 0 aromatic carbocycles. The number of carbonyl (C=O) groups is 1. The summed E-state index contributed by atoms with van der Waals surface area (Å²) in [5, 5.41) is 0. The predicted octanol–water partition coefficient (Wildman–Crippen LogP) is 2.52. The van der Waals surface area contributed by atoms with Crippen LogP contribution in [0.25, 0.3) is 0 Å². The van der Waals surface area contributed by atoms with Crippen LogP contribution in [-0.4, -0.2) is 11.7 Å². The third-order valence-corrected chi connectivity index (χ3v) is 2.23. The number of hydrogen-bond acceptors (Lipinski definition) is 2. The highest BCUT2D eigenvalue weighted by Gasteiger charge is 1.97. The first kappa shape index (κ1) is 11.6. The molecule has 2 nitrogen and oxygen atoms in total. The Bertz CT molecular complexity index is 136. The molecule has 0 saturated heterocycles. The first-order valence-corrected chi connectivity index (χ1v) is 5.31. The molecule has 0 spiro atoms. The van der Waals surface area contributed by atoms with Crippen LogP contribution in [0.1, 0.15) is 32.6 Å². The van der Waals surface area contributed by atoms with Gasteiger partial charge in [0.05, 0.1) is 0 Å². The highest BCUT2D eigenvalue weighted by atomic mass is 32.2. The standard InChI is InChI=1S/C9H17NOS/c1-3-5-7-9(11)10-12-8-6-4-2/h3H,1,4-8H2,2H3,(H,10,11). The van der Waals surface area contributed by atoms with Crippen molar-refractivity contribution in [2.24, 2.45) is 0 Å². The summed E-state index contributed by atoms with van der Waals surface area (Å²) in [5.74, 6) is 1.12. The summed E-state index contributed by atoms with van der Waals surface area (Å²) in [5.41, 5.74) is 0. The van der Waals surface area contributed by atoms with Gasteiger partial charge in [-0.2, -0.15) is 0 Å². The second-order valence-corrected chi connectivity index (χ2v) is 3.46. The molecule has 0 radical (unpaired) electrons. The molecule has 0 bridgehead atoms. The molecule has 0 fully saturated rings. The molecule has 0 rings (SSSR count). The summed E-state index contributed by atoms with van der Waals surface area (Å²) in [4.78, 5) is 11.0. The van der Waals surface area contributed by atoms with E-state index in [1.807, 2.05) is 0 Å². The Balaban J connectivity index is 3.13. The van der Waals surface area contributed by atoms with E-state index in [9.17, 15) is 4.79 Å². The summed E-state index contributed by atoms with van der Waals surface area (Å²) in [6, 6.07) is 0. The number of amides is 1. The first-order chi connectivity index (χ1) is 5.81. The molecular formula is C9H17NOS. The van der Waals surface area contributed by atoms with Crippen molar-refractivity contribution in [3.05, 3.63) is 12.7 Å². The number of unbranched alkanes of at least 4 members (excludes halogenated alkanes) is 1. The van der Waals surface area contributed by atoms with Gasteiger partial charge >= 0.3 is 0 Å². The lowest BCUT2D eigenvalue weighted by molar-refractivity contribution is -0.119. The normalized spacial score (nSPS) is 9.42.